The summed E-state index contributed by atoms with van der Waals surface area (Å²) in [6.07, 6.45) is 8.84. The fourth-order valence-corrected chi connectivity index (χ4v) is 4.01. The molecule has 0 N–H and O–H groups in total. The van der Waals surface area contributed by atoms with Crippen LogP contribution in [-0.4, -0.2) is 21.7 Å². The third-order valence-corrected chi connectivity index (χ3v) is 5.67. The smallest absolute Gasteiger partial charge is 0.126 e. The van der Waals surface area contributed by atoms with Crippen molar-refractivity contribution in [1.82, 2.24) is 4.98 Å². The summed E-state index contributed by atoms with van der Waals surface area (Å²) in [5, 5.41) is 0.840. The Morgan fingerprint density at radius 3 is 2.74 bits per heavy atom. The molecule has 0 aliphatic carbocycles. The molecule has 0 bridgehead atoms. The van der Waals surface area contributed by atoms with E-state index in [0.717, 1.165) is 50.4 Å². The van der Waals surface area contributed by atoms with Crippen LogP contribution in [0.15, 0.2) is 35.3 Å². The summed E-state index contributed by atoms with van der Waals surface area (Å²) in [6.45, 7) is 4.12. The van der Waals surface area contributed by atoms with Crippen LogP contribution in [-0.2, 0) is 22.0 Å². The van der Waals surface area contributed by atoms with E-state index in [4.69, 9.17) is 0 Å². The predicted octanol–water partition coefficient (Wildman–Crippen LogP) is 4.50. The number of thiazole rings is 1. The van der Waals surface area contributed by atoms with Crippen molar-refractivity contribution in [2.24, 2.45) is 0 Å². The molecule has 1 unspecified atom stereocenters. The van der Waals surface area contributed by atoms with E-state index in [0.29, 0.717) is 6.42 Å². The maximum atomic E-state index is 11.8. The van der Waals surface area contributed by atoms with Gasteiger partial charge in [-0.25, -0.2) is 4.98 Å². The number of hydrogen-bond acceptors (Lipinski definition) is 4. The number of hydrogen-bond donors (Lipinski definition) is 0. The number of carbonyl (C=O) groups excluding carboxylic acids is 1. The second-order valence-corrected chi connectivity index (χ2v) is 7.69. The van der Waals surface area contributed by atoms with Crippen molar-refractivity contribution in [1.29, 1.82) is 0 Å². The van der Waals surface area contributed by atoms with Crippen LogP contribution in [0.4, 0.5) is 0 Å². The SMILES string of the molecule is CC/C=C(\C=C(/CC)S(C)=O)c1ccc2nc(CC=O)sc2c1. The van der Waals surface area contributed by atoms with E-state index in [-0.39, 0.29) is 0 Å². The Morgan fingerprint density at radius 1 is 1.35 bits per heavy atom. The van der Waals surface area contributed by atoms with Crippen LogP contribution in [0.2, 0.25) is 0 Å². The Morgan fingerprint density at radius 2 is 2.13 bits per heavy atom. The zero-order chi connectivity index (χ0) is 16.8. The molecule has 1 heterocycles. The summed E-state index contributed by atoms with van der Waals surface area (Å²) >= 11 is 1.55. The van der Waals surface area contributed by atoms with Gasteiger partial charge in [0.1, 0.15) is 11.3 Å². The van der Waals surface area contributed by atoms with Crippen LogP contribution >= 0.6 is 11.3 Å². The minimum Gasteiger partial charge on any atom is -0.303 e. The fourth-order valence-electron chi connectivity index (χ4n) is 2.35. The highest BCUT2D eigenvalue weighted by Gasteiger charge is 2.08. The van der Waals surface area contributed by atoms with E-state index in [1.54, 1.807) is 17.6 Å². The zero-order valence-corrected chi connectivity index (χ0v) is 15.3. The fraction of sp³-hybridized carbons (Fsp3) is 0.333. The summed E-state index contributed by atoms with van der Waals surface area (Å²) in [7, 11) is -0.955. The standard InChI is InChI=1S/C18H21NO2S2/c1-4-6-13(11-15(5-2)23(3)21)14-7-8-16-17(12-14)22-18(19-16)9-10-20/h6-8,10-12H,4-5,9H2,1-3H3/b13-6+,15-11+. The Balaban J connectivity index is 2.47. The van der Waals surface area contributed by atoms with Crippen LogP contribution in [0.1, 0.15) is 37.3 Å². The van der Waals surface area contributed by atoms with Gasteiger partial charge in [-0.2, -0.15) is 0 Å². The van der Waals surface area contributed by atoms with Crippen molar-refractivity contribution in [2.75, 3.05) is 6.26 Å². The molecule has 122 valence electrons. The highest BCUT2D eigenvalue weighted by Crippen LogP contribution is 2.28. The lowest BCUT2D eigenvalue weighted by molar-refractivity contribution is -0.107. The van der Waals surface area contributed by atoms with Crippen molar-refractivity contribution in [3.05, 3.63) is 45.8 Å². The van der Waals surface area contributed by atoms with Crippen molar-refractivity contribution >= 4 is 44.2 Å². The Bertz CT molecular complexity index is 787. The van der Waals surface area contributed by atoms with E-state index in [2.05, 4.69) is 24.1 Å². The summed E-state index contributed by atoms with van der Waals surface area (Å²) < 4.78 is 12.9. The Kier molecular flexibility index (Phi) is 6.42. The molecule has 1 aromatic carbocycles. The lowest BCUT2D eigenvalue weighted by Crippen LogP contribution is -1.92. The van der Waals surface area contributed by atoms with Gasteiger partial charge in [-0.05, 0) is 42.2 Å². The molecule has 2 rings (SSSR count). The monoisotopic (exact) mass is 347 g/mol. The first kappa shape index (κ1) is 17.8. The first-order valence-electron chi connectivity index (χ1n) is 7.66. The third kappa shape index (κ3) is 4.45. The molecule has 1 aromatic heterocycles. The highest BCUT2D eigenvalue weighted by molar-refractivity contribution is 7.88. The van der Waals surface area contributed by atoms with E-state index in [1.807, 2.05) is 25.1 Å². The number of rotatable bonds is 7. The molecule has 23 heavy (non-hydrogen) atoms. The number of benzene rings is 1. The van der Waals surface area contributed by atoms with Gasteiger partial charge in [-0.3, -0.25) is 4.21 Å². The van der Waals surface area contributed by atoms with Crippen LogP contribution < -0.4 is 0 Å². The van der Waals surface area contributed by atoms with Crippen molar-refractivity contribution in [3.63, 3.8) is 0 Å². The number of fused-ring (bicyclic) bond motifs is 1. The van der Waals surface area contributed by atoms with Gasteiger partial charge in [-0.1, -0.05) is 26.0 Å². The molecule has 0 aliphatic rings. The summed E-state index contributed by atoms with van der Waals surface area (Å²) in [5.74, 6) is 0. The molecule has 2 aromatic rings. The van der Waals surface area contributed by atoms with Crippen molar-refractivity contribution < 1.29 is 9.00 Å². The van der Waals surface area contributed by atoms with Crippen LogP contribution in [0.5, 0.6) is 0 Å². The number of nitrogens with zero attached hydrogens (tertiary/aromatic N) is 1. The van der Waals surface area contributed by atoms with Gasteiger partial charge in [0.05, 0.1) is 16.6 Å². The van der Waals surface area contributed by atoms with E-state index < -0.39 is 10.8 Å². The summed E-state index contributed by atoms with van der Waals surface area (Å²) in [4.78, 5) is 16.0. The largest absolute Gasteiger partial charge is 0.303 e. The maximum Gasteiger partial charge on any atom is 0.126 e. The minimum absolute atomic E-state index is 0.362. The minimum atomic E-state index is -0.955. The molecule has 0 fully saturated rings. The van der Waals surface area contributed by atoms with Gasteiger partial charge in [0.15, 0.2) is 0 Å². The third-order valence-electron chi connectivity index (χ3n) is 3.48. The first-order valence-corrected chi connectivity index (χ1v) is 10.0. The van der Waals surface area contributed by atoms with Crippen LogP contribution in [0.25, 0.3) is 15.8 Å². The van der Waals surface area contributed by atoms with Gasteiger partial charge in [-0.15, -0.1) is 11.3 Å². The van der Waals surface area contributed by atoms with Crippen molar-refractivity contribution in [2.45, 2.75) is 33.1 Å². The predicted molar refractivity (Wildman–Crippen MR) is 100 cm³/mol. The van der Waals surface area contributed by atoms with Gasteiger partial charge in [0, 0.05) is 22.0 Å². The zero-order valence-electron chi connectivity index (χ0n) is 13.7. The molecular weight excluding hydrogens is 326 g/mol. The summed E-state index contributed by atoms with van der Waals surface area (Å²) in [5.41, 5.74) is 3.11. The molecule has 0 saturated heterocycles. The van der Waals surface area contributed by atoms with Crippen LogP contribution in [0.3, 0.4) is 0 Å². The quantitative estimate of drug-likeness (QED) is 0.547. The Hall–Kier alpha value is -1.59. The molecule has 0 radical (unpaired) electrons. The molecular formula is C18H21NO2S2. The molecule has 0 aliphatic heterocycles. The van der Waals surface area contributed by atoms with Gasteiger partial charge >= 0.3 is 0 Å². The number of carbonyl (C=O) groups is 1. The highest BCUT2D eigenvalue weighted by atomic mass is 32.2. The van der Waals surface area contributed by atoms with Crippen LogP contribution in [0, 0.1) is 0 Å². The molecule has 0 saturated carbocycles. The number of aromatic nitrogens is 1. The number of aldehydes is 1. The van der Waals surface area contributed by atoms with Gasteiger partial charge < -0.3 is 4.79 Å². The van der Waals surface area contributed by atoms with Gasteiger partial charge in [0.25, 0.3) is 0 Å². The van der Waals surface area contributed by atoms with Gasteiger partial charge in [0.2, 0.25) is 0 Å². The van der Waals surface area contributed by atoms with Crippen molar-refractivity contribution in [3.8, 4) is 0 Å². The first-order chi connectivity index (χ1) is 11.1. The lowest BCUT2D eigenvalue weighted by Gasteiger charge is -2.06. The van der Waals surface area contributed by atoms with E-state index in [1.165, 1.54) is 0 Å². The second kappa shape index (κ2) is 8.31. The second-order valence-electron chi connectivity index (χ2n) is 5.15. The lowest BCUT2D eigenvalue weighted by atomic mass is 10.0. The molecule has 3 nitrogen and oxygen atoms in total. The molecule has 1 atom stereocenters. The average Bonchev–Trinajstić information content (AvgIpc) is 2.92. The summed E-state index contributed by atoms with van der Waals surface area (Å²) in [6, 6.07) is 6.13. The average molecular weight is 348 g/mol. The molecule has 0 amide bonds. The maximum absolute atomic E-state index is 11.8. The molecule has 0 spiro atoms. The molecule has 5 heteroatoms. The normalized spacial score (nSPS) is 14.2. The Labute approximate surface area is 143 Å². The number of allylic oxidation sites excluding steroid dienone is 4. The van der Waals surface area contributed by atoms with E-state index >= 15 is 0 Å². The van der Waals surface area contributed by atoms with E-state index in [9.17, 15) is 9.00 Å². The topological polar surface area (TPSA) is 47.0 Å².